The highest BCUT2D eigenvalue weighted by molar-refractivity contribution is 5.76. The highest BCUT2D eigenvalue weighted by Crippen LogP contribution is 2.32. The highest BCUT2D eigenvalue weighted by atomic mass is 16.5. The van der Waals surface area contributed by atoms with Crippen molar-refractivity contribution < 1.29 is 9.53 Å². The zero-order valence-electron chi connectivity index (χ0n) is 14.5. The van der Waals surface area contributed by atoms with Crippen LogP contribution in [0.3, 0.4) is 0 Å². The number of hydrogen-bond donors (Lipinski definition) is 1. The molecule has 0 unspecified atom stereocenters. The molecule has 1 aromatic heterocycles. The smallest absolute Gasteiger partial charge is 0.220 e. The van der Waals surface area contributed by atoms with E-state index in [1.165, 1.54) is 25.9 Å². The first kappa shape index (κ1) is 17.4. The van der Waals surface area contributed by atoms with E-state index >= 15 is 0 Å². The number of likely N-dealkylation sites (tertiary alicyclic amines) is 1. The Labute approximate surface area is 144 Å². The third kappa shape index (κ3) is 5.02. The molecule has 0 atom stereocenters. The van der Waals surface area contributed by atoms with Crippen LogP contribution in [0.1, 0.15) is 37.7 Å². The Bertz CT molecular complexity index is 509. The lowest BCUT2D eigenvalue weighted by atomic mass is 9.79. The van der Waals surface area contributed by atoms with Gasteiger partial charge < -0.3 is 15.0 Å². The van der Waals surface area contributed by atoms with E-state index in [1.807, 2.05) is 18.3 Å². The van der Waals surface area contributed by atoms with Crippen molar-refractivity contribution in [1.29, 1.82) is 0 Å². The number of aryl methyl sites for hydroxylation is 1. The van der Waals surface area contributed by atoms with Gasteiger partial charge in [0.2, 0.25) is 5.91 Å². The first-order valence-corrected chi connectivity index (χ1v) is 9.22. The van der Waals surface area contributed by atoms with Crippen molar-refractivity contribution in [3.8, 4) is 0 Å². The zero-order valence-corrected chi connectivity index (χ0v) is 14.5. The van der Waals surface area contributed by atoms with Crippen LogP contribution in [0.5, 0.6) is 0 Å². The molecule has 0 bridgehead atoms. The number of nitrogens with zero attached hydrogens (tertiary/aromatic N) is 2. The van der Waals surface area contributed by atoms with Crippen LogP contribution in [0.25, 0.3) is 0 Å². The van der Waals surface area contributed by atoms with Crippen LogP contribution >= 0.6 is 0 Å². The number of carbonyl (C=O) groups is 1. The molecule has 2 fully saturated rings. The number of rotatable bonds is 7. The fraction of sp³-hybridized carbons (Fsp3) is 0.684. The molecule has 3 rings (SSSR count). The molecular weight excluding hydrogens is 302 g/mol. The van der Waals surface area contributed by atoms with Gasteiger partial charge in [-0.25, -0.2) is 0 Å². The summed E-state index contributed by atoms with van der Waals surface area (Å²) in [6.07, 6.45) is 9.59. The van der Waals surface area contributed by atoms with E-state index in [4.69, 9.17) is 4.74 Å². The maximum Gasteiger partial charge on any atom is 0.220 e. The van der Waals surface area contributed by atoms with Gasteiger partial charge in [-0.15, -0.1) is 0 Å². The predicted molar refractivity (Wildman–Crippen MR) is 93.7 cm³/mol. The fourth-order valence-electron chi connectivity index (χ4n) is 3.79. The van der Waals surface area contributed by atoms with Gasteiger partial charge in [0.25, 0.3) is 0 Å². The summed E-state index contributed by atoms with van der Waals surface area (Å²) in [6, 6.07) is 3.94. The minimum atomic E-state index is 0.145. The summed E-state index contributed by atoms with van der Waals surface area (Å²) < 4.78 is 5.56. The minimum absolute atomic E-state index is 0.145. The van der Waals surface area contributed by atoms with Crippen molar-refractivity contribution in [2.24, 2.45) is 5.41 Å². The van der Waals surface area contributed by atoms with Gasteiger partial charge in [-0.2, -0.15) is 0 Å². The van der Waals surface area contributed by atoms with Gasteiger partial charge in [0.1, 0.15) is 0 Å². The zero-order chi connectivity index (χ0) is 16.7. The molecule has 1 amide bonds. The van der Waals surface area contributed by atoms with E-state index in [1.54, 1.807) is 6.20 Å². The van der Waals surface area contributed by atoms with Gasteiger partial charge in [-0.3, -0.25) is 9.78 Å². The molecule has 0 radical (unpaired) electrons. The summed E-state index contributed by atoms with van der Waals surface area (Å²) in [7, 11) is 0. The molecule has 2 aliphatic rings. The van der Waals surface area contributed by atoms with Crippen molar-refractivity contribution in [3.05, 3.63) is 30.1 Å². The Hall–Kier alpha value is -1.46. The van der Waals surface area contributed by atoms with Crippen molar-refractivity contribution in [2.45, 2.75) is 38.5 Å². The van der Waals surface area contributed by atoms with Crippen LogP contribution in [0, 0.1) is 5.41 Å². The Balaban J connectivity index is 1.48. The van der Waals surface area contributed by atoms with Crippen LogP contribution in [-0.4, -0.2) is 55.2 Å². The average molecular weight is 331 g/mol. The standard InChI is InChI=1S/C19H29N3O2/c23-18(6-5-17-4-3-9-20-14-17)21-15-19(7-12-24-13-8-19)16-22-10-1-2-11-22/h3-4,9,14H,1-2,5-8,10-13,15-16H2,(H,21,23). The molecule has 2 aliphatic heterocycles. The molecular formula is C19H29N3O2. The number of ether oxygens (including phenoxy) is 1. The van der Waals surface area contributed by atoms with E-state index in [0.29, 0.717) is 6.42 Å². The molecule has 5 nitrogen and oxygen atoms in total. The molecule has 1 aromatic rings. The van der Waals surface area contributed by atoms with E-state index in [2.05, 4.69) is 15.2 Å². The van der Waals surface area contributed by atoms with Gasteiger partial charge >= 0.3 is 0 Å². The average Bonchev–Trinajstić information content (AvgIpc) is 3.13. The number of nitrogens with one attached hydrogen (secondary N) is 1. The molecule has 0 aliphatic carbocycles. The quantitative estimate of drug-likeness (QED) is 0.830. The first-order valence-electron chi connectivity index (χ1n) is 9.22. The molecule has 2 saturated heterocycles. The van der Waals surface area contributed by atoms with Gasteiger partial charge in [-0.05, 0) is 56.8 Å². The van der Waals surface area contributed by atoms with Crippen molar-refractivity contribution in [1.82, 2.24) is 15.2 Å². The highest BCUT2D eigenvalue weighted by Gasteiger charge is 2.35. The summed E-state index contributed by atoms with van der Waals surface area (Å²) in [4.78, 5) is 18.9. The lowest BCUT2D eigenvalue weighted by Crippen LogP contribution is -2.48. The van der Waals surface area contributed by atoms with Gasteiger partial charge in [0.05, 0.1) is 0 Å². The number of aromatic nitrogens is 1. The van der Waals surface area contributed by atoms with Crippen molar-refractivity contribution in [2.75, 3.05) is 39.4 Å². The molecule has 5 heteroatoms. The molecule has 24 heavy (non-hydrogen) atoms. The fourth-order valence-corrected chi connectivity index (χ4v) is 3.79. The summed E-state index contributed by atoms with van der Waals surface area (Å²) in [5.74, 6) is 0.145. The summed E-state index contributed by atoms with van der Waals surface area (Å²) >= 11 is 0. The van der Waals surface area contributed by atoms with Crippen molar-refractivity contribution in [3.63, 3.8) is 0 Å². The third-order valence-corrected chi connectivity index (χ3v) is 5.34. The Kier molecular flexibility index (Phi) is 6.21. The van der Waals surface area contributed by atoms with Crippen LogP contribution in [0.2, 0.25) is 0 Å². The SMILES string of the molecule is O=C(CCc1cccnc1)NCC1(CN2CCCC2)CCOCC1. The topological polar surface area (TPSA) is 54.5 Å². The molecule has 0 aromatic carbocycles. The monoisotopic (exact) mass is 331 g/mol. The second kappa shape index (κ2) is 8.58. The predicted octanol–water partition coefficient (Wildman–Crippen LogP) is 2.02. The first-order chi connectivity index (χ1) is 11.8. The normalized spacial score (nSPS) is 20.8. The lowest BCUT2D eigenvalue weighted by molar-refractivity contribution is -0.122. The summed E-state index contributed by atoms with van der Waals surface area (Å²) in [5, 5.41) is 3.20. The maximum atomic E-state index is 12.3. The molecule has 1 N–H and O–H groups in total. The number of pyridine rings is 1. The summed E-state index contributed by atoms with van der Waals surface area (Å²) in [5.41, 5.74) is 1.30. The van der Waals surface area contributed by atoms with Gasteiger partial charge in [0.15, 0.2) is 0 Å². The molecule has 132 valence electrons. The Morgan fingerprint density at radius 1 is 1.29 bits per heavy atom. The maximum absolute atomic E-state index is 12.3. The molecule has 0 saturated carbocycles. The third-order valence-electron chi connectivity index (χ3n) is 5.34. The minimum Gasteiger partial charge on any atom is -0.381 e. The van der Waals surface area contributed by atoms with Crippen LogP contribution in [-0.2, 0) is 16.0 Å². The second-order valence-electron chi connectivity index (χ2n) is 7.23. The van der Waals surface area contributed by atoms with E-state index in [0.717, 1.165) is 51.1 Å². The lowest BCUT2D eigenvalue weighted by Gasteiger charge is -2.40. The Morgan fingerprint density at radius 2 is 2.08 bits per heavy atom. The van der Waals surface area contributed by atoms with Crippen LogP contribution < -0.4 is 5.32 Å². The van der Waals surface area contributed by atoms with E-state index in [-0.39, 0.29) is 11.3 Å². The summed E-state index contributed by atoms with van der Waals surface area (Å²) in [6.45, 7) is 5.92. The second-order valence-corrected chi connectivity index (χ2v) is 7.23. The number of carbonyl (C=O) groups excluding carboxylic acids is 1. The molecule has 0 spiro atoms. The van der Waals surface area contributed by atoms with Crippen molar-refractivity contribution >= 4 is 5.91 Å². The van der Waals surface area contributed by atoms with Crippen LogP contribution in [0.4, 0.5) is 0 Å². The largest absolute Gasteiger partial charge is 0.381 e. The van der Waals surface area contributed by atoms with Gasteiger partial charge in [0, 0.05) is 50.5 Å². The van der Waals surface area contributed by atoms with E-state index in [9.17, 15) is 4.79 Å². The van der Waals surface area contributed by atoms with Gasteiger partial charge in [-0.1, -0.05) is 6.07 Å². The molecule has 3 heterocycles. The van der Waals surface area contributed by atoms with Crippen LogP contribution in [0.15, 0.2) is 24.5 Å². The number of amides is 1. The number of hydrogen-bond acceptors (Lipinski definition) is 4. The van der Waals surface area contributed by atoms with E-state index < -0.39 is 0 Å². The Morgan fingerprint density at radius 3 is 2.79 bits per heavy atom.